The van der Waals surface area contributed by atoms with Gasteiger partial charge in [0.25, 0.3) is 0 Å². The maximum atomic E-state index is 13.3. The highest BCUT2D eigenvalue weighted by molar-refractivity contribution is 5.55. The average molecular weight is 267 g/mol. The molecular weight excluding hydrogens is 245 g/mol. The fraction of sp³-hybridized carbons (Fsp3) is 0.600. The van der Waals surface area contributed by atoms with Crippen LogP contribution in [0.1, 0.15) is 38.4 Å². The average Bonchev–Trinajstić information content (AvgIpc) is 2.38. The second kappa shape index (κ2) is 5.47. The third kappa shape index (κ3) is 3.07. The molecule has 1 saturated heterocycles. The van der Waals surface area contributed by atoms with Crippen LogP contribution in [0, 0.1) is 5.82 Å². The van der Waals surface area contributed by atoms with E-state index in [1.165, 1.54) is 12.1 Å². The van der Waals surface area contributed by atoms with Crippen LogP contribution in [-0.2, 0) is 4.74 Å². The largest absolute Gasteiger partial charge is 0.389 e. The fourth-order valence-corrected chi connectivity index (χ4v) is 2.73. The Morgan fingerprint density at radius 1 is 1.47 bits per heavy atom. The predicted octanol–water partition coefficient (Wildman–Crippen LogP) is 2.88. The summed E-state index contributed by atoms with van der Waals surface area (Å²) in [5.74, 6) is -0.314. The van der Waals surface area contributed by atoms with Gasteiger partial charge in [-0.1, -0.05) is 0 Å². The highest BCUT2D eigenvalue weighted by atomic mass is 19.1. The first-order valence-corrected chi connectivity index (χ1v) is 6.73. The van der Waals surface area contributed by atoms with E-state index in [-0.39, 0.29) is 11.4 Å². The minimum absolute atomic E-state index is 0.178. The van der Waals surface area contributed by atoms with E-state index in [2.05, 4.69) is 11.8 Å². The molecule has 0 radical (unpaired) electrons. The first-order chi connectivity index (χ1) is 8.95. The number of hydrogen-bond acceptors (Lipinski definition) is 3. The lowest BCUT2D eigenvalue weighted by Crippen LogP contribution is -2.47. The lowest BCUT2D eigenvalue weighted by atomic mass is 9.93. The molecule has 19 heavy (non-hydrogen) atoms. The minimum atomic E-state index is -0.679. The van der Waals surface area contributed by atoms with Gasteiger partial charge in [0.1, 0.15) is 5.82 Å². The van der Waals surface area contributed by atoms with E-state index in [0.29, 0.717) is 5.56 Å². The molecule has 0 spiro atoms. The van der Waals surface area contributed by atoms with Crippen molar-refractivity contribution >= 4 is 5.69 Å². The quantitative estimate of drug-likeness (QED) is 0.914. The molecule has 1 aliphatic rings. The Labute approximate surface area is 114 Å². The summed E-state index contributed by atoms with van der Waals surface area (Å²) in [6.45, 7) is 5.42. The van der Waals surface area contributed by atoms with E-state index in [1.807, 2.05) is 0 Å². The van der Waals surface area contributed by atoms with Gasteiger partial charge in [0.05, 0.1) is 11.7 Å². The second-order valence-electron chi connectivity index (χ2n) is 5.56. The number of piperidine rings is 1. The van der Waals surface area contributed by atoms with Crippen LogP contribution in [0.25, 0.3) is 0 Å². The molecule has 0 bridgehead atoms. The van der Waals surface area contributed by atoms with Gasteiger partial charge >= 0.3 is 0 Å². The van der Waals surface area contributed by atoms with Gasteiger partial charge in [-0.3, -0.25) is 0 Å². The van der Waals surface area contributed by atoms with Gasteiger partial charge in [-0.05, 0) is 44.9 Å². The van der Waals surface area contributed by atoms with Gasteiger partial charge < -0.3 is 14.7 Å². The molecule has 1 heterocycles. The number of hydrogen-bond donors (Lipinski definition) is 1. The summed E-state index contributed by atoms with van der Waals surface area (Å²) in [6.07, 6.45) is 1.37. The van der Waals surface area contributed by atoms with Gasteiger partial charge in [0, 0.05) is 31.5 Å². The van der Waals surface area contributed by atoms with E-state index in [4.69, 9.17) is 4.74 Å². The molecule has 0 amide bonds. The van der Waals surface area contributed by atoms with Crippen LogP contribution in [0.15, 0.2) is 18.2 Å². The molecule has 1 aromatic rings. The highest BCUT2D eigenvalue weighted by Gasteiger charge is 2.32. The Kier molecular flexibility index (Phi) is 4.11. The number of aliphatic hydroxyl groups is 1. The molecule has 1 aromatic carbocycles. The van der Waals surface area contributed by atoms with E-state index in [9.17, 15) is 9.50 Å². The van der Waals surface area contributed by atoms with Crippen LogP contribution in [0.2, 0.25) is 0 Å². The molecule has 0 aromatic heterocycles. The molecule has 1 aliphatic heterocycles. The van der Waals surface area contributed by atoms with Crippen molar-refractivity contribution in [1.29, 1.82) is 0 Å². The summed E-state index contributed by atoms with van der Waals surface area (Å²) < 4.78 is 18.9. The third-order valence-electron chi connectivity index (χ3n) is 3.93. The number of aliphatic hydroxyl groups excluding tert-OH is 1. The summed E-state index contributed by atoms with van der Waals surface area (Å²) in [7, 11) is 1.73. The van der Waals surface area contributed by atoms with Crippen molar-refractivity contribution in [2.75, 3.05) is 25.1 Å². The van der Waals surface area contributed by atoms with Crippen molar-refractivity contribution in [3.05, 3.63) is 29.6 Å². The zero-order valence-electron chi connectivity index (χ0n) is 11.8. The molecule has 2 atom stereocenters. The van der Waals surface area contributed by atoms with Gasteiger partial charge in [-0.25, -0.2) is 4.39 Å². The minimum Gasteiger partial charge on any atom is -0.389 e. The maximum absolute atomic E-state index is 13.3. The standard InChI is InChI=1S/C15H22FNO2/c1-11(18)13-9-12(16)5-6-14(13)17-8-4-7-15(2,10-17)19-3/h5-6,9,11,18H,4,7-8,10H2,1-3H3. The molecule has 106 valence electrons. The Balaban J connectivity index is 2.31. The van der Waals surface area contributed by atoms with Crippen molar-refractivity contribution in [2.24, 2.45) is 0 Å². The molecule has 2 rings (SSSR count). The monoisotopic (exact) mass is 267 g/mol. The number of nitrogens with zero attached hydrogens (tertiary/aromatic N) is 1. The molecule has 4 heteroatoms. The lowest BCUT2D eigenvalue weighted by Gasteiger charge is -2.41. The summed E-state index contributed by atoms with van der Waals surface area (Å²) in [5, 5.41) is 9.82. The van der Waals surface area contributed by atoms with E-state index < -0.39 is 6.10 Å². The molecule has 0 saturated carbocycles. The summed E-state index contributed by atoms with van der Waals surface area (Å²) in [6, 6.07) is 4.61. The summed E-state index contributed by atoms with van der Waals surface area (Å²) in [4.78, 5) is 2.18. The van der Waals surface area contributed by atoms with Crippen molar-refractivity contribution in [1.82, 2.24) is 0 Å². The Bertz CT molecular complexity index is 450. The van der Waals surface area contributed by atoms with Crippen LogP contribution >= 0.6 is 0 Å². The van der Waals surface area contributed by atoms with Crippen molar-refractivity contribution < 1.29 is 14.2 Å². The number of methoxy groups -OCH3 is 1. The first-order valence-electron chi connectivity index (χ1n) is 6.73. The lowest BCUT2D eigenvalue weighted by molar-refractivity contribution is -0.00476. The number of rotatable bonds is 3. The number of halogens is 1. The van der Waals surface area contributed by atoms with Gasteiger partial charge in [0.2, 0.25) is 0 Å². The van der Waals surface area contributed by atoms with Crippen LogP contribution in [0.4, 0.5) is 10.1 Å². The molecule has 2 unspecified atom stereocenters. The smallest absolute Gasteiger partial charge is 0.123 e. The predicted molar refractivity (Wildman–Crippen MR) is 73.9 cm³/mol. The Morgan fingerprint density at radius 2 is 2.21 bits per heavy atom. The normalized spacial score (nSPS) is 25.4. The van der Waals surface area contributed by atoms with E-state index >= 15 is 0 Å². The molecule has 1 fully saturated rings. The van der Waals surface area contributed by atoms with Gasteiger partial charge in [-0.15, -0.1) is 0 Å². The maximum Gasteiger partial charge on any atom is 0.123 e. The Hall–Kier alpha value is -1.13. The number of ether oxygens (including phenoxy) is 1. The summed E-state index contributed by atoms with van der Waals surface area (Å²) in [5.41, 5.74) is 1.36. The van der Waals surface area contributed by atoms with E-state index in [0.717, 1.165) is 31.6 Å². The number of benzene rings is 1. The van der Waals surface area contributed by atoms with Crippen molar-refractivity contribution in [2.45, 2.75) is 38.4 Å². The zero-order valence-corrected chi connectivity index (χ0v) is 11.8. The molecular formula is C15H22FNO2. The van der Waals surface area contributed by atoms with Crippen molar-refractivity contribution in [3.63, 3.8) is 0 Å². The molecule has 3 nitrogen and oxygen atoms in total. The SMILES string of the molecule is COC1(C)CCCN(c2ccc(F)cc2C(C)O)C1. The van der Waals surface area contributed by atoms with Gasteiger partial charge in [-0.2, -0.15) is 0 Å². The first kappa shape index (κ1) is 14.3. The van der Waals surface area contributed by atoms with Crippen LogP contribution < -0.4 is 4.90 Å². The van der Waals surface area contributed by atoms with Gasteiger partial charge in [0.15, 0.2) is 0 Å². The van der Waals surface area contributed by atoms with Crippen LogP contribution in [0.5, 0.6) is 0 Å². The Morgan fingerprint density at radius 3 is 2.84 bits per heavy atom. The van der Waals surface area contributed by atoms with E-state index in [1.54, 1.807) is 20.1 Å². The molecule has 0 aliphatic carbocycles. The highest BCUT2D eigenvalue weighted by Crippen LogP contribution is 2.32. The zero-order chi connectivity index (χ0) is 14.0. The second-order valence-corrected chi connectivity index (χ2v) is 5.56. The van der Waals surface area contributed by atoms with Crippen LogP contribution in [-0.4, -0.2) is 30.9 Å². The third-order valence-corrected chi connectivity index (χ3v) is 3.93. The summed E-state index contributed by atoms with van der Waals surface area (Å²) >= 11 is 0. The van der Waals surface area contributed by atoms with Crippen LogP contribution in [0.3, 0.4) is 0 Å². The van der Waals surface area contributed by atoms with Crippen molar-refractivity contribution in [3.8, 4) is 0 Å². The fourth-order valence-electron chi connectivity index (χ4n) is 2.73. The number of anilines is 1. The molecule has 1 N–H and O–H groups in total. The topological polar surface area (TPSA) is 32.7 Å².